The van der Waals surface area contributed by atoms with Crippen LogP contribution in [0.25, 0.3) is 0 Å². The zero-order chi connectivity index (χ0) is 22.4. The highest BCUT2D eigenvalue weighted by atomic mass is 32.1. The SMILES string of the molecule is CC(C)NC(=O)Nc1ccc(N(C)C)c(CN(C[C@H]2CCCO2)C(=O)c2cccs2)c1. The zero-order valence-electron chi connectivity index (χ0n) is 18.7. The van der Waals surface area contributed by atoms with Gasteiger partial charge in [-0.15, -0.1) is 11.3 Å². The molecule has 3 rings (SSSR count). The van der Waals surface area contributed by atoms with Gasteiger partial charge < -0.3 is 25.2 Å². The summed E-state index contributed by atoms with van der Waals surface area (Å²) in [6.07, 6.45) is 2.05. The van der Waals surface area contributed by atoms with Gasteiger partial charge in [-0.25, -0.2) is 4.79 Å². The number of nitrogens with zero attached hydrogens (tertiary/aromatic N) is 2. The third kappa shape index (κ3) is 6.45. The zero-order valence-corrected chi connectivity index (χ0v) is 19.5. The standard InChI is InChI=1S/C23H32N4O3S/c1-16(2)24-23(29)25-18-9-10-20(26(3)4)17(13-18)14-27(15-19-7-5-11-30-19)22(28)21-8-6-12-31-21/h6,8-10,12-13,16,19H,5,7,11,14-15H2,1-4H3,(H2,24,25,29)/t19-/m1/s1. The Kier molecular flexibility index (Phi) is 7.92. The summed E-state index contributed by atoms with van der Waals surface area (Å²) in [5, 5.41) is 7.64. The lowest BCUT2D eigenvalue weighted by Crippen LogP contribution is -2.37. The second-order valence-corrected chi connectivity index (χ2v) is 9.24. The fourth-order valence-electron chi connectivity index (χ4n) is 3.67. The van der Waals surface area contributed by atoms with Crippen LogP contribution in [0.15, 0.2) is 35.7 Å². The second kappa shape index (κ2) is 10.6. The molecule has 1 atom stereocenters. The van der Waals surface area contributed by atoms with Gasteiger partial charge in [0.15, 0.2) is 0 Å². The number of thiophene rings is 1. The lowest BCUT2D eigenvalue weighted by Gasteiger charge is -2.28. The Hall–Kier alpha value is -2.58. The summed E-state index contributed by atoms with van der Waals surface area (Å²) in [5.41, 5.74) is 2.67. The van der Waals surface area contributed by atoms with E-state index in [4.69, 9.17) is 4.74 Å². The maximum Gasteiger partial charge on any atom is 0.319 e. The first-order valence-electron chi connectivity index (χ1n) is 10.7. The largest absolute Gasteiger partial charge is 0.377 e. The number of rotatable bonds is 8. The predicted molar refractivity (Wildman–Crippen MR) is 126 cm³/mol. The fourth-order valence-corrected chi connectivity index (χ4v) is 4.36. The molecule has 0 spiro atoms. The number of hydrogen-bond acceptors (Lipinski definition) is 5. The Morgan fingerprint density at radius 2 is 2.06 bits per heavy atom. The van der Waals surface area contributed by atoms with Gasteiger partial charge in [0.1, 0.15) is 0 Å². The first kappa shape index (κ1) is 23.1. The highest BCUT2D eigenvalue weighted by Crippen LogP contribution is 2.27. The summed E-state index contributed by atoms with van der Waals surface area (Å²) in [5.74, 6) is 0.00567. The van der Waals surface area contributed by atoms with Gasteiger partial charge in [0.05, 0.1) is 11.0 Å². The molecule has 1 aromatic heterocycles. The van der Waals surface area contributed by atoms with E-state index in [-0.39, 0.29) is 24.1 Å². The third-order valence-electron chi connectivity index (χ3n) is 5.07. The van der Waals surface area contributed by atoms with Gasteiger partial charge in [-0.2, -0.15) is 0 Å². The summed E-state index contributed by atoms with van der Waals surface area (Å²) in [6, 6.07) is 9.35. The molecule has 0 bridgehead atoms. The number of benzene rings is 1. The van der Waals surface area contributed by atoms with Crippen LogP contribution in [-0.4, -0.2) is 56.2 Å². The highest BCUT2D eigenvalue weighted by Gasteiger charge is 2.25. The van der Waals surface area contributed by atoms with Crippen molar-refractivity contribution in [1.82, 2.24) is 10.2 Å². The molecule has 1 fully saturated rings. The molecule has 0 aliphatic carbocycles. The predicted octanol–water partition coefficient (Wildman–Crippen LogP) is 4.17. The molecule has 0 radical (unpaired) electrons. The minimum Gasteiger partial charge on any atom is -0.377 e. The van der Waals surface area contributed by atoms with Crippen LogP contribution in [-0.2, 0) is 11.3 Å². The molecule has 2 heterocycles. The lowest BCUT2D eigenvalue weighted by atomic mass is 10.1. The van der Waals surface area contributed by atoms with Crippen molar-refractivity contribution >= 4 is 34.6 Å². The molecule has 0 unspecified atom stereocenters. The van der Waals surface area contributed by atoms with Crippen LogP contribution in [0.2, 0.25) is 0 Å². The van der Waals surface area contributed by atoms with Crippen LogP contribution in [0, 0.1) is 0 Å². The number of carbonyl (C=O) groups excluding carboxylic acids is 2. The average molecular weight is 445 g/mol. The Bertz CT molecular complexity index is 877. The Morgan fingerprint density at radius 3 is 2.68 bits per heavy atom. The van der Waals surface area contributed by atoms with E-state index in [0.29, 0.717) is 18.8 Å². The molecular weight excluding hydrogens is 412 g/mol. The highest BCUT2D eigenvalue weighted by molar-refractivity contribution is 7.12. The van der Waals surface area contributed by atoms with Crippen LogP contribution >= 0.6 is 11.3 Å². The van der Waals surface area contributed by atoms with Crippen LogP contribution < -0.4 is 15.5 Å². The number of urea groups is 1. The van der Waals surface area contributed by atoms with Gasteiger partial charge in [-0.1, -0.05) is 6.07 Å². The minimum absolute atomic E-state index is 0.00567. The van der Waals surface area contributed by atoms with Crippen LogP contribution in [0.1, 0.15) is 41.9 Å². The average Bonchev–Trinajstić information content (AvgIpc) is 3.40. The van der Waals surface area contributed by atoms with Crippen molar-refractivity contribution in [2.24, 2.45) is 0 Å². The molecule has 1 saturated heterocycles. The molecule has 2 aromatic rings. The number of carbonyl (C=O) groups is 2. The third-order valence-corrected chi connectivity index (χ3v) is 5.93. The molecule has 1 aliphatic rings. The first-order chi connectivity index (χ1) is 14.8. The van der Waals surface area contributed by atoms with Crippen LogP contribution in [0.5, 0.6) is 0 Å². The van der Waals surface area contributed by atoms with E-state index in [0.717, 1.165) is 35.6 Å². The molecule has 2 N–H and O–H groups in total. The van der Waals surface area contributed by atoms with Crippen molar-refractivity contribution in [2.45, 2.75) is 45.4 Å². The summed E-state index contributed by atoms with van der Waals surface area (Å²) in [7, 11) is 3.95. The van der Waals surface area contributed by atoms with E-state index < -0.39 is 0 Å². The van der Waals surface area contributed by atoms with E-state index in [1.165, 1.54) is 11.3 Å². The molecule has 3 amide bonds. The normalized spacial score (nSPS) is 15.7. The molecule has 1 aromatic carbocycles. The number of amides is 3. The van der Waals surface area contributed by atoms with E-state index in [1.54, 1.807) is 0 Å². The quantitative estimate of drug-likeness (QED) is 0.641. The number of ether oxygens (including phenoxy) is 1. The van der Waals surface area contributed by atoms with Gasteiger partial charge in [0, 0.05) is 51.2 Å². The Morgan fingerprint density at radius 1 is 1.26 bits per heavy atom. The number of nitrogens with one attached hydrogen (secondary N) is 2. The molecule has 1 aliphatic heterocycles. The van der Waals surface area contributed by atoms with Gasteiger partial charge in [-0.3, -0.25) is 4.79 Å². The van der Waals surface area contributed by atoms with Crippen molar-refractivity contribution in [3.8, 4) is 0 Å². The van der Waals surface area contributed by atoms with E-state index in [9.17, 15) is 9.59 Å². The molecule has 0 saturated carbocycles. The lowest BCUT2D eigenvalue weighted by molar-refractivity contribution is 0.0511. The maximum atomic E-state index is 13.3. The van der Waals surface area contributed by atoms with Gasteiger partial charge >= 0.3 is 6.03 Å². The van der Waals surface area contributed by atoms with Gasteiger partial charge in [-0.05, 0) is 61.9 Å². The molecule has 31 heavy (non-hydrogen) atoms. The van der Waals surface area contributed by atoms with Crippen LogP contribution in [0.4, 0.5) is 16.2 Å². The summed E-state index contributed by atoms with van der Waals surface area (Å²) in [4.78, 5) is 30.0. The molecular formula is C23H32N4O3S. The summed E-state index contributed by atoms with van der Waals surface area (Å²) in [6.45, 7) is 5.57. The smallest absolute Gasteiger partial charge is 0.319 e. The van der Waals surface area contributed by atoms with Crippen LogP contribution in [0.3, 0.4) is 0 Å². The molecule has 168 valence electrons. The van der Waals surface area contributed by atoms with Crippen molar-refractivity contribution in [2.75, 3.05) is 37.5 Å². The summed E-state index contributed by atoms with van der Waals surface area (Å²) < 4.78 is 5.81. The molecule has 7 nitrogen and oxygen atoms in total. The van der Waals surface area contributed by atoms with E-state index >= 15 is 0 Å². The van der Waals surface area contributed by atoms with Crippen molar-refractivity contribution in [3.63, 3.8) is 0 Å². The number of hydrogen-bond donors (Lipinski definition) is 2. The van der Waals surface area contributed by atoms with E-state index in [1.807, 2.05) is 73.5 Å². The van der Waals surface area contributed by atoms with Crippen molar-refractivity contribution in [3.05, 3.63) is 46.2 Å². The Labute approximate surface area is 188 Å². The maximum absolute atomic E-state index is 13.3. The minimum atomic E-state index is -0.246. The topological polar surface area (TPSA) is 73.9 Å². The van der Waals surface area contributed by atoms with Crippen molar-refractivity contribution < 1.29 is 14.3 Å². The first-order valence-corrected chi connectivity index (χ1v) is 11.5. The summed E-state index contributed by atoms with van der Waals surface area (Å²) >= 11 is 1.45. The van der Waals surface area contributed by atoms with Gasteiger partial charge in [0.2, 0.25) is 0 Å². The van der Waals surface area contributed by atoms with Gasteiger partial charge in [0.25, 0.3) is 5.91 Å². The van der Waals surface area contributed by atoms with E-state index in [2.05, 4.69) is 10.6 Å². The fraction of sp³-hybridized carbons (Fsp3) is 0.478. The second-order valence-electron chi connectivity index (χ2n) is 8.29. The Balaban J connectivity index is 1.85. The van der Waals surface area contributed by atoms with Crippen molar-refractivity contribution in [1.29, 1.82) is 0 Å². The molecule has 8 heteroatoms. The monoisotopic (exact) mass is 444 g/mol. The number of anilines is 2.